The van der Waals surface area contributed by atoms with E-state index in [1.54, 1.807) is 14.2 Å². The Morgan fingerprint density at radius 3 is 2.40 bits per heavy atom. The van der Waals surface area contributed by atoms with Gasteiger partial charge in [0.25, 0.3) is 0 Å². The molecule has 0 aliphatic heterocycles. The van der Waals surface area contributed by atoms with E-state index in [9.17, 15) is 9.59 Å². The molecule has 1 aliphatic carbocycles. The molecular weight excluding hydrogens is 388 g/mol. The van der Waals surface area contributed by atoms with Crippen LogP contribution in [0.4, 0.5) is 4.79 Å². The molecule has 168 valence electrons. The minimum Gasteiger partial charge on any atom is -0.497 e. The summed E-state index contributed by atoms with van der Waals surface area (Å²) >= 11 is 0. The molecule has 0 bridgehead atoms. The number of hydrogen-bond donors (Lipinski definition) is 1. The molecule has 0 aromatic heterocycles. The number of amides is 1. The molecule has 2 rings (SSSR count). The van der Waals surface area contributed by atoms with Crippen molar-refractivity contribution in [3.05, 3.63) is 23.8 Å². The molecule has 30 heavy (non-hydrogen) atoms. The maximum absolute atomic E-state index is 12.5. The van der Waals surface area contributed by atoms with Gasteiger partial charge in [0.15, 0.2) is 0 Å². The number of alkyl carbamates (subject to hydrolysis) is 1. The van der Waals surface area contributed by atoms with Gasteiger partial charge in [-0.05, 0) is 45.6 Å². The van der Waals surface area contributed by atoms with E-state index >= 15 is 0 Å². The lowest BCUT2D eigenvalue weighted by Crippen LogP contribution is -2.46. The zero-order valence-electron chi connectivity index (χ0n) is 18.8. The summed E-state index contributed by atoms with van der Waals surface area (Å²) in [7, 11) is 4.61. The first-order valence-corrected chi connectivity index (χ1v) is 10.2. The number of benzene rings is 1. The van der Waals surface area contributed by atoms with Crippen LogP contribution in [0.2, 0.25) is 0 Å². The Kier molecular flexibility index (Phi) is 8.34. The van der Waals surface area contributed by atoms with Crippen LogP contribution in [0.3, 0.4) is 0 Å². The molecule has 0 saturated heterocycles. The predicted molar refractivity (Wildman–Crippen MR) is 113 cm³/mol. The molecule has 1 unspecified atom stereocenters. The van der Waals surface area contributed by atoms with Crippen LogP contribution in [0.15, 0.2) is 18.2 Å². The number of nitrogens with zero attached hydrogens (tertiary/aromatic N) is 1. The summed E-state index contributed by atoms with van der Waals surface area (Å²) in [6, 6.07) is 5.23. The number of carbonyl (C=O) groups is 2. The highest BCUT2D eigenvalue weighted by molar-refractivity contribution is 5.76. The Hall–Kier alpha value is -2.48. The fourth-order valence-corrected chi connectivity index (χ4v) is 3.31. The van der Waals surface area contributed by atoms with Crippen molar-refractivity contribution in [2.24, 2.45) is 5.92 Å². The molecule has 1 saturated carbocycles. The van der Waals surface area contributed by atoms with E-state index in [1.165, 1.54) is 7.11 Å². The molecule has 1 N–H and O–H groups in total. The lowest BCUT2D eigenvalue weighted by Gasteiger charge is -2.30. The smallest absolute Gasteiger partial charge is 0.407 e. The Morgan fingerprint density at radius 1 is 1.17 bits per heavy atom. The monoisotopic (exact) mass is 422 g/mol. The first-order chi connectivity index (χ1) is 14.2. The van der Waals surface area contributed by atoms with E-state index in [-0.39, 0.29) is 17.9 Å². The van der Waals surface area contributed by atoms with Gasteiger partial charge in [-0.1, -0.05) is 6.07 Å². The maximum Gasteiger partial charge on any atom is 0.407 e. The maximum atomic E-state index is 12.5. The summed E-state index contributed by atoms with van der Waals surface area (Å²) in [5.41, 5.74) is 0.355. The van der Waals surface area contributed by atoms with Gasteiger partial charge in [0, 0.05) is 31.3 Å². The molecule has 1 aliphatic rings. The van der Waals surface area contributed by atoms with Gasteiger partial charge in [0.2, 0.25) is 0 Å². The lowest BCUT2D eigenvalue weighted by molar-refractivity contribution is -0.148. The van der Waals surface area contributed by atoms with E-state index in [1.807, 2.05) is 43.9 Å². The molecule has 1 aromatic rings. The summed E-state index contributed by atoms with van der Waals surface area (Å²) in [4.78, 5) is 26.6. The van der Waals surface area contributed by atoms with Gasteiger partial charge >= 0.3 is 12.1 Å². The number of hydrogen-bond acceptors (Lipinski definition) is 7. The zero-order chi connectivity index (χ0) is 22.3. The van der Waals surface area contributed by atoms with E-state index in [2.05, 4.69) is 5.32 Å². The Balaban J connectivity index is 2.15. The van der Waals surface area contributed by atoms with Crippen molar-refractivity contribution in [1.29, 1.82) is 0 Å². The van der Waals surface area contributed by atoms with Crippen molar-refractivity contribution < 1.29 is 28.5 Å². The highest BCUT2D eigenvalue weighted by atomic mass is 16.6. The number of ether oxygens (including phenoxy) is 4. The predicted octanol–water partition coefficient (Wildman–Crippen LogP) is 2.98. The van der Waals surface area contributed by atoms with Gasteiger partial charge in [-0.15, -0.1) is 0 Å². The molecule has 0 spiro atoms. The van der Waals surface area contributed by atoms with Crippen molar-refractivity contribution >= 4 is 12.1 Å². The summed E-state index contributed by atoms with van der Waals surface area (Å²) in [6.07, 6.45) is 1.48. The standard InChI is InChI=1S/C22H34N2O6/c1-22(2,3)30-21(26)23-11-12-24(19(15-7-8-15)20(25)29-6)14-16-9-10-17(27-4)13-18(16)28-5/h9-10,13,15,19H,7-8,11-12,14H2,1-6H3,(H,23,26). The van der Waals surface area contributed by atoms with Gasteiger partial charge in [-0.3, -0.25) is 9.69 Å². The lowest BCUT2D eigenvalue weighted by atomic mass is 10.1. The van der Waals surface area contributed by atoms with Gasteiger partial charge in [0.05, 0.1) is 21.3 Å². The average molecular weight is 423 g/mol. The second-order valence-electron chi connectivity index (χ2n) is 8.38. The fourth-order valence-electron chi connectivity index (χ4n) is 3.31. The fraction of sp³-hybridized carbons (Fsp3) is 0.636. The van der Waals surface area contributed by atoms with Crippen LogP contribution in [-0.4, -0.2) is 63.0 Å². The van der Waals surface area contributed by atoms with Crippen molar-refractivity contribution in [2.45, 2.75) is 51.8 Å². The molecule has 1 atom stereocenters. The third-order valence-electron chi connectivity index (χ3n) is 4.84. The van der Waals surface area contributed by atoms with Gasteiger partial charge in [0.1, 0.15) is 23.1 Å². The van der Waals surface area contributed by atoms with Crippen LogP contribution in [-0.2, 0) is 20.8 Å². The third kappa shape index (κ3) is 7.09. The number of rotatable bonds is 10. The van der Waals surface area contributed by atoms with E-state index in [0.717, 1.165) is 18.4 Å². The van der Waals surface area contributed by atoms with Crippen molar-refractivity contribution in [1.82, 2.24) is 10.2 Å². The third-order valence-corrected chi connectivity index (χ3v) is 4.84. The average Bonchev–Trinajstić information content (AvgIpc) is 3.51. The molecule has 1 aromatic carbocycles. The Bertz CT molecular complexity index is 727. The van der Waals surface area contributed by atoms with Crippen LogP contribution in [0.5, 0.6) is 11.5 Å². The largest absolute Gasteiger partial charge is 0.497 e. The van der Waals surface area contributed by atoms with Gasteiger partial charge < -0.3 is 24.3 Å². The molecule has 1 fully saturated rings. The molecule has 0 heterocycles. The van der Waals surface area contributed by atoms with Gasteiger partial charge in [-0.2, -0.15) is 0 Å². The summed E-state index contributed by atoms with van der Waals surface area (Å²) in [6.45, 7) is 6.72. The number of nitrogens with one attached hydrogen (secondary N) is 1. The highest BCUT2D eigenvalue weighted by Gasteiger charge is 2.41. The Morgan fingerprint density at radius 2 is 1.87 bits per heavy atom. The second-order valence-corrected chi connectivity index (χ2v) is 8.38. The molecule has 8 nitrogen and oxygen atoms in total. The van der Waals surface area contributed by atoms with E-state index in [4.69, 9.17) is 18.9 Å². The summed E-state index contributed by atoms with van der Waals surface area (Å²) in [5, 5.41) is 2.77. The minimum atomic E-state index is -0.567. The SMILES string of the molecule is COC(=O)C(C1CC1)N(CCNC(=O)OC(C)(C)C)Cc1ccc(OC)cc1OC. The summed E-state index contributed by atoms with van der Waals surface area (Å²) < 4.78 is 21.2. The normalized spacial score (nSPS) is 14.8. The second kappa shape index (κ2) is 10.5. The number of methoxy groups -OCH3 is 3. The first-order valence-electron chi connectivity index (χ1n) is 10.2. The van der Waals surface area contributed by atoms with Crippen molar-refractivity contribution in [3.63, 3.8) is 0 Å². The summed E-state index contributed by atoms with van der Waals surface area (Å²) in [5.74, 6) is 1.37. The van der Waals surface area contributed by atoms with Crippen LogP contribution in [0.25, 0.3) is 0 Å². The zero-order valence-corrected chi connectivity index (χ0v) is 18.8. The van der Waals surface area contributed by atoms with E-state index < -0.39 is 11.7 Å². The van der Waals surface area contributed by atoms with Crippen LogP contribution in [0, 0.1) is 5.92 Å². The van der Waals surface area contributed by atoms with Crippen LogP contribution >= 0.6 is 0 Å². The van der Waals surface area contributed by atoms with Gasteiger partial charge in [-0.25, -0.2) is 4.79 Å². The Labute approximate surface area is 178 Å². The quantitative estimate of drug-likeness (QED) is 0.580. The molecule has 0 radical (unpaired) electrons. The highest BCUT2D eigenvalue weighted by Crippen LogP contribution is 2.37. The van der Waals surface area contributed by atoms with Crippen molar-refractivity contribution in [3.8, 4) is 11.5 Å². The molecular formula is C22H34N2O6. The number of carbonyl (C=O) groups excluding carboxylic acids is 2. The van der Waals surface area contributed by atoms with Crippen LogP contribution in [0.1, 0.15) is 39.2 Å². The van der Waals surface area contributed by atoms with Crippen LogP contribution < -0.4 is 14.8 Å². The van der Waals surface area contributed by atoms with E-state index in [0.29, 0.717) is 31.1 Å². The minimum absolute atomic E-state index is 0.253. The first kappa shape index (κ1) is 23.8. The number of esters is 1. The van der Waals surface area contributed by atoms with Crippen molar-refractivity contribution in [2.75, 3.05) is 34.4 Å². The molecule has 8 heteroatoms. The molecule has 1 amide bonds. The topological polar surface area (TPSA) is 86.3 Å².